The van der Waals surface area contributed by atoms with Gasteiger partial charge in [0.2, 0.25) is 5.76 Å². The van der Waals surface area contributed by atoms with Crippen molar-refractivity contribution in [2.24, 2.45) is 0 Å². The highest BCUT2D eigenvalue weighted by Gasteiger charge is 2.30. The van der Waals surface area contributed by atoms with Crippen LogP contribution in [-0.4, -0.2) is 27.2 Å². The summed E-state index contributed by atoms with van der Waals surface area (Å²) in [5.41, 5.74) is 4.79. The van der Waals surface area contributed by atoms with E-state index in [1.807, 2.05) is 36.8 Å². The Hall–Kier alpha value is -3.38. The minimum atomic E-state index is -0.674. The van der Waals surface area contributed by atoms with Gasteiger partial charge in [-0.25, -0.2) is 9.78 Å². The van der Waals surface area contributed by atoms with Crippen LogP contribution in [0.1, 0.15) is 47.2 Å². The third-order valence-corrected chi connectivity index (χ3v) is 5.45. The summed E-state index contributed by atoms with van der Waals surface area (Å²) in [5.74, 6) is -0.317. The van der Waals surface area contributed by atoms with Crippen molar-refractivity contribution >= 4 is 16.9 Å². The zero-order valence-electron chi connectivity index (χ0n) is 15.9. The first kappa shape index (κ1) is 17.7. The van der Waals surface area contributed by atoms with Gasteiger partial charge in [0.25, 0.3) is 0 Å². The molecule has 6 heteroatoms. The number of imidazole rings is 1. The highest BCUT2D eigenvalue weighted by molar-refractivity contribution is 5.92. The molecule has 146 valence electrons. The van der Waals surface area contributed by atoms with Gasteiger partial charge in [-0.1, -0.05) is 30.3 Å². The highest BCUT2D eigenvalue weighted by atomic mass is 16.5. The molecule has 2 aromatic carbocycles. The molecule has 2 aromatic heterocycles. The van der Waals surface area contributed by atoms with Crippen LogP contribution in [0.4, 0.5) is 0 Å². The fourth-order valence-corrected chi connectivity index (χ4v) is 4.09. The lowest BCUT2D eigenvalue weighted by Crippen LogP contribution is -2.10. The Labute approximate surface area is 167 Å². The van der Waals surface area contributed by atoms with Gasteiger partial charge in [0.15, 0.2) is 0 Å². The SMILES string of the molecule is CCOC(=O)c1cc2cc(C(O)CC3c4ccccc4-c4cncn43)ccc2o1. The van der Waals surface area contributed by atoms with Crippen molar-refractivity contribution in [1.82, 2.24) is 9.55 Å². The molecule has 2 atom stereocenters. The topological polar surface area (TPSA) is 77.5 Å². The van der Waals surface area contributed by atoms with E-state index < -0.39 is 12.1 Å². The monoisotopic (exact) mass is 388 g/mol. The second-order valence-corrected chi connectivity index (χ2v) is 7.17. The van der Waals surface area contributed by atoms with Crippen molar-refractivity contribution < 1.29 is 19.1 Å². The van der Waals surface area contributed by atoms with Crippen molar-refractivity contribution in [1.29, 1.82) is 0 Å². The normalized spacial score (nSPS) is 15.9. The minimum Gasteiger partial charge on any atom is -0.460 e. The number of rotatable bonds is 5. The van der Waals surface area contributed by atoms with Gasteiger partial charge >= 0.3 is 5.97 Å². The third kappa shape index (κ3) is 2.93. The standard InChI is InChI=1S/C23H20N2O4/c1-2-28-23(27)22-10-15-9-14(7-8-21(15)29-22)20(26)11-18-16-5-3-4-6-17(16)19-12-24-13-25(18)19/h3-10,12-13,18,20,26H,2,11H2,1H3. The summed E-state index contributed by atoms with van der Waals surface area (Å²) >= 11 is 0. The molecule has 0 radical (unpaired) electrons. The van der Waals surface area contributed by atoms with Crippen LogP contribution in [0, 0.1) is 0 Å². The molecule has 6 nitrogen and oxygen atoms in total. The first-order valence-electron chi connectivity index (χ1n) is 9.65. The predicted molar refractivity (Wildman–Crippen MR) is 108 cm³/mol. The molecule has 1 aliphatic heterocycles. The van der Waals surface area contributed by atoms with Gasteiger partial charge < -0.3 is 18.8 Å². The highest BCUT2D eigenvalue weighted by Crippen LogP contribution is 2.43. The molecule has 0 fully saturated rings. The maximum atomic E-state index is 11.9. The lowest BCUT2D eigenvalue weighted by atomic mass is 9.95. The molecule has 5 rings (SSSR count). The molecule has 0 bridgehead atoms. The molecule has 1 aliphatic rings. The molecular weight excluding hydrogens is 368 g/mol. The van der Waals surface area contributed by atoms with Gasteiger partial charge in [-0.2, -0.15) is 0 Å². The van der Waals surface area contributed by atoms with E-state index in [1.165, 1.54) is 5.56 Å². The molecule has 3 heterocycles. The van der Waals surface area contributed by atoms with Gasteiger partial charge in [0.1, 0.15) is 5.58 Å². The average molecular weight is 388 g/mol. The van der Waals surface area contributed by atoms with Crippen LogP contribution in [-0.2, 0) is 4.74 Å². The summed E-state index contributed by atoms with van der Waals surface area (Å²) in [4.78, 5) is 16.2. The number of furan rings is 1. The Bertz CT molecular complexity index is 1210. The summed E-state index contributed by atoms with van der Waals surface area (Å²) in [6.45, 7) is 2.04. The Balaban J connectivity index is 1.43. The fourth-order valence-electron chi connectivity index (χ4n) is 4.09. The van der Waals surface area contributed by atoms with E-state index in [-0.39, 0.29) is 11.8 Å². The number of aliphatic hydroxyl groups is 1. The second-order valence-electron chi connectivity index (χ2n) is 7.17. The number of aromatic nitrogens is 2. The van der Waals surface area contributed by atoms with E-state index in [2.05, 4.69) is 21.7 Å². The first-order valence-corrected chi connectivity index (χ1v) is 9.65. The number of aliphatic hydroxyl groups excluding tert-OH is 1. The molecule has 29 heavy (non-hydrogen) atoms. The molecule has 2 unspecified atom stereocenters. The van der Waals surface area contributed by atoms with E-state index in [0.717, 1.165) is 22.2 Å². The van der Waals surface area contributed by atoms with Crippen LogP contribution in [0.15, 0.2) is 65.5 Å². The van der Waals surface area contributed by atoms with E-state index in [0.29, 0.717) is 18.6 Å². The van der Waals surface area contributed by atoms with Gasteiger partial charge in [0.05, 0.1) is 37.0 Å². The molecule has 4 aromatic rings. The van der Waals surface area contributed by atoms with Crippen molar-refractivity contribution in [3.63, 3.8) is 0 Å². The van der Waals surface area contributed by atoms with E-state index in [4.69, 9.17) is 9.15 Å². The fraction of sp³-hybridized carbons (Fsp3) is 0.217. The van der Waals surface area contributed by atoms with Crippen LogP contribution < -0.4 is 0 Å². The van der Waals surface area contributed by atoms with Crippen molar-refractivity contribution in [2.45, 2.75) is 25.5 Å². The number of ether oxygens (including phenoxy) is 1. The van der Waals surface area contributed by atoms with Crippen LogP contribution in [0.5, 0.6) is 0 Å². The molecule has 0 spiro atoms. The van der Waals surface area contributed by atoms with Crippen LogP contribution in [0.25, 0.3) is 22.2 Å². The van der Waals surface area contributed by atoms with Crippen LogP contribution >= 0.6 is 0 Å². The number of hydrogen-bond donors (Lipinski definition) is 1. The van der Waals surface area contributed by atoms with Gasteiger partial charge in [-0.15, -0.1) is 0 Å². The second kappa shape index (κ2) is 6.90. The number of carbonyl (C=O) groups is 1. The molecular formula is C23H20N2O4. The minimum absolute atomic E-state index is 0.0221. The summed E-state index contributed by atoms with van der Waals surface area (Å²) < 4.78 is 12.7. The first-order chi connectivity index (χ1) is 14.2. The van der Waals surface area contributed by atoms with Crippen LogP contribution in [0.3, 0.4) is 0 Å². The number of esters is 1. The molecule has 0 saturated carbocycles. The average Bonchev–Trinajstić information content (AvgIpc) is 3.43. The Morgan fingerprint density at radius 3 is 3.00 bits per heavy atom. The van der Waals surface area contributed by atoms with Crippen molar-refractivity contribution in [2.75, 3.05) is 6.61 Å². The summed E-state index contributed by atoms with van der Waals surface area (Å²) in [7, 11) is 0. The maximum Gasteiger partial charge on any atom is 0.374 e. The lowest BCUT2D eigenvalue weighted by Gasteiger charge is -2.19. The lowest BCUT2D eigenvalue weighted by molar-refractivity contribution is 0.0492. The van der Waals surface area contributed by atoms with Crippen LogP contribution in [0.2, 0.25) is 0 Å². The molecule has 0 saturated heterocycles. The van der Waals surface area contributed by atoms with Gasteiger partial charge in [-0.3, -0.25) is 0 Å². The Kier molecular flexibility index (Phi) is 4.21. The smallest absolute Gasteiger partial charge is 0.374 e. The van der Waals surface area contributed by atoms with Crippen molar-refractivity contribution in [3.05, 3.63) is 77.9 Å². The number of hydrogen-bond acceptors (Lipinski definition) is 5. The summed E-state index contributed by atoms with van der Waals surface area (Å²) in [5, 5.41) is 11.7. The van der Waals surface area contributed by atoms with Gasteiger partial charge in [-0.05, 0) is 36.2 Å². The Morgan fingerprint density at radius 2 is 2.14 bits per heavy atom. The number of fused-ring (bicyclic) bond motifs is 4. The zero-order chi connectivity index (χ0) is 20.0. The number of benzene rings is 2. The molecule has 1 N–H and O–H groups in total. The Morgan fingerprint density at radius 1 is 1.28 bits per heavy atom. The zero-order valence-corrected chi connectivity index (χ0v) is 15.9. The largest absolute Gasteiger partial charge is 0.460 e. The quantitative estimate of drug-likeness (QED) is 0.510. The molecule has 0 aliphatic carbocycles. The maximum absolute atomic E-state index is 11.9. The van der Waals surface area contributed by atoms with E-state index >= 15 is 0 Å². The summed E-state index contributed by atoms with van der Waals surface area (Å²) in [6.07, 6.45) is 3.53. The van der Waals surface area contributed by atoms with E-state index in [1.54, 1.807) is 19.1 Å². The number of nitrogens with zero attached hydrogens (tertiary/aromatic N) is 2. The molecule has 0 amide bonds. The predicted octanol–water partition coefficient (Wildman–Crippen LogP) is 4.50. The van der Waals surface area contributed by atoms with Gasteiger partial charge in [0, 0.05) is 17.4 Å². The van der Waals surface area contributed by atoms with E-state index in [9.17, 15) is 9.90 Å². The number of carbonyl (C=O) groups excluding carboxylic acids is 1. The third-order valence-electron chi connectivity index (χ3n) is 5.45. The summed E-state index contributed by atoms with van der Waals surface area (Å²) in [6, 6.07) is 15.4. The van der Waals surface area contributed by atoms with Crippen molar-refractivity contribution in [3.8, 4) is 11.3 Å².